The van der Waals surface area contributed by atoms with E-state index in [0.717, 1.165) is 42.7 Å². The fourth-order valence-corrected chi connectivity index (χ4v) is 5.71. The summed E-state index contributed by atoms with van der Waals surface area (Å²) in [4.78, 5) is 32.3. The van der Waals surface area contributed by atoms with Crippen LogP contribution in [-0.4, -0.2) is 82.5 Å². The second-order valence-electron chi connectivity index (χ2n) is 10.6. The maximum absolute atomic E-state index is 12.9. The Morgan fingerprint density at radius 2 is 1.90 bits per heavy atom. The third-order valence-corrected chi connectivity index (χ3v) is 8.28. The maximum Gasteiger partial charge on any atom is 0.253 e. The summed E-state index contributed by atoms with van der Waals surface area (Å²) in [5.74, 6) is -0.0140. The number of aromatic nitrogens is 3. The highest BCUT2D eigenvalue weighted by molar-refractivity contribution is 5.94. The standard InChI is InChI=1S/C30H41N7O3/c1-7-24-19-37(26-17-28(38)34(5)27-20-35(14-13-31)32-29(26)27)25(8-2)18-36(24)21(3)22-9-11-23(12-10-22)30(39)33(4)15-16-40-6/h9-12,17,20-21,24-25H,7-8,14-16,18-19H2,1-6H3/t21-,24-,25+/m1/s1. The van der Waals surface area contributed by atoms with E-state index in [4.69, 9.17) is 9.84 Å². The second-order valence-corrected chi connectivity index (χ2v) is 10.6. The first kappa shape index (κ1) is 29.3. The van der Waals surface area contributed by atoms with Crippen LogP contribution in [0.5, 0.6) is 0 Å². The number of rotatable bonds is 10. The maximum atomic E-state index is 12.9. The number of hydrogen-bond donors (Lipinski definition) is 0. The lowest BCUT2D eigenvalue weighted by Gasteiger charge is -2.49. The molecule has 214 valence electrons. The van der Waals surface area contributed by atoms with Crippen LogP contribution in [-0.2, 0) is 18.3 Å². The van der Waals surface area contributed by atoms with Gasteiger partial charge in [-0.2, -0.15) is 10.4 Å². The van der Waals surface area contributed by atoms with Gasteiger partial charge in [0, 0.05) is 70.6 Å². The number of aryl methyl sites for hydroxylation is 1. The Bertz CT molecular complexity index is 1420. The number of carbonyl (C=O) groups is 1. The highest BCUT2D eigenvalue weighted by atomic mass is 16.5. The molecule has 0 radical (unpaired) electrons. The van der Waals surface area contributed by atoms with Crippen molar-refractivity contribution in [1.29, 1.82) is 5.26 Å². The molecule has 10 heteroatoms. The lowest BCUT2D eigenvalue weighted by molar-refractivity contribution is 0.0744. The molecule has 4 rings (SSSR count). The predicted octanol–water partition coefficient (Wildman–Crippen LogP) is 3.42. The van der Waals surface area contributed by atoms with Gasteiger partial charge in [-0.25, -0.2) is 0 Å². The molecule has 1 amide bonds. The molecule has 1 aliphatic heterocycles. The SMILES string of the molecule is CC[C@H]1CN([C@H](C)c2ccc(C(=O)N(C)CCOC)cc2)[C@H](CC)CN1c1cc(=O)n(C)c2cn(CC#N)nc12. The molecule has 40 heavy (non-hydrogen) atoms. The fraction of sp³-hybridized carbons (Fsp3) is 0.533. The number of amides is 1. The average Bonchev–Trinajstić information content (AvgIpc) is 3.40. The molecule has 1 fully saturated rings. The lowest BCUT2D eigenvalue weighted by Crippen LogP contribution is -2.58. The summed E-state index contributed by atoms with van der Waals surface area (Å²) in [6, 6.07) is 12.4. The van der Waals surface area contributed by atoms with Crippen LogP contribution in [0.1, 0.15) is 55.6 Å². The van der Waals surface area contributed by atoms with E-state index in [9.17, 15) is 14.9 Å². The number of ether oxygens (including phenoxy) is 1. The lowest BCUT2D eigenvalue weighted by atomic mass is 9.96. The van der Waals surface area contributed by atoms with Crippen molar-refractivity contribution in [2.24, 2.45) is 7.05 Å². The van der Waals surface area contributed by atoms with Gasteiger partial charge in [0.15, 0.2) is 0 Å². The summed E-state index contributed by atoms with van der Waals surface area (Å²) >= 11 is 0. The summed E-state index contributed by atoms with van der Waals surface area (Å²) in [7, 11) is 5.17. The number of benzene rings is 1. The normalized spacial score (nSPS) is 18.6. The number of pyridine rings is 1. The molecule has 0 N–H and O–H groups in total. The molecule has 0 bridgehead atoms. The fourth-order valence-electron chi connectivity index (χ4n) is 5.71. The van der Waals surface area contributed by atoms with Gasteiger partial charge in [0.2, 0.25) is 0 Å². The van der Waals surface area contributed by atoms with E-state index in [1.165, 1.54) is 5.56 Å². The van der Waals surface area contributed by atoms with E-state index in [1.807, 2.05) is 12.1 Å². The molecular weight excluding hydrogens is 506 g/mol. The number of carbonyl (C=O) groups excluding carboxylic acids is 1. The quantitative estimate of drug-likeness (QED) is 0.384. The molecule has 1 saturated heterocycles. The summed E-state index contributed by atoms with van der Waals surface area (Å²) in [6.45, 7) is 9.41. The van der Waals surface area contributed by atoms with Gasteiger partial charge in [-0.3, -0.25) is 19.2 Å². The van der Waals surface area contributed by atoms with Crippen LogP contribution >= 0.6 is 0 Å². The van der Waals surface area contributed by atoms with Crippen molar-refractivity contribution in [3.8, 4) is 6.07 Å². The minimum absolute atomic E-state index is 0.0140. The molecule has 10 nitrogen and oxygen atoms in total. The van der Waals surface area contributed by atoms with Crippen LogP contribution in [0.15, 0.2) is 41.3 Å². The Kier molecular flexibility index (Phi) is 9.28. The van der Waals surface area contributed by atoms with Crippen molar-refractivity contribution in [2.45, 2.75) is 58.3 Å². The third kappa shape index (κ3) is 5.76. The van der Waals surface area contributed by atoms with E-state index in [0.29, 0.717) is 18.7 Å². The van der Waals surface area contributed by atoms with Gasteiger partial charge < -0.3 is 19.1 Å². The van der Waals surface area contributed by atoms with Crippen LogP contribution in [0.25, 0.3) is 11.0 Å². The number of nitriles is 1. The van der Waals surface area contributed by atoms with E-state index in [1.54, 1.807) is 47.6 Å². The van der Waals surface area contributed by atoms with Crippen molar-refractivity contribution in [3.63, 3.8) is 0 Å². The van der Waals surface area contributed by atoms with Crippen LogP contribution in [0.2, 0.25) is 0 Å². The number of methoxy groups -OCH3 is 1. The van der Waals surface area contributed by atoms with Crippen molar-refractivity contribution in [1.82, 2.24) is 24.1 Å². The zero-order valence-corrected chi connectivity index (χ0v) is 24.5. The van der Waals surface area contributed by atoms with Gasteiger partial charge in [-0.05, 0) is 37.5 Å². The highest BCUT2D eigenvalue weighted by Crippen LogP contribution is 2.34. The topological polar surface area (TPSA) is 99.6 Å². The minimum atomic E-state index is -0.0831. The second kappa shape index (κ2) is 12.7. The summed E-state index contributed by atoms with van der Waals surface area (Å²) in [6.07, 6.45) is 3.65. The van der Waals surface area contributed by atoms with E-state index in [2.05, 4.69) is 48.8 Å². The first-order valence-electron chi connectivity index (χ1n) is 14.0. The number of fused-ring (bicyclic) bond motifs is 1. The Balaban J connectivity index is 1.59. The van der Waals surface area contributed by atoms with E-state index in [-0.39, 0.29) is 36.1 Å². The first-order chi connectivity index (χ1) is 19.2. The molecule has 0 saturated carbocycles. The molecule has 3 heterocycles. The summed E-state index contributed by atoms with van der Waals surface area (Å²) in [5, 5.41) is 13.9. The van der Waals surface area contributed by atoms with Gasteiger partial charge in [0.1, 0.15) is 12.1 Å². The molecule has 2 aromatic heterocycles. The molecule has 3 atom stereocenters. The van der Waals surface area contributed by atoms with Crippen LogP contribution in [0.4, 0.5) is 5.69 Å². The molecule has 1 aromatic carbocycles. The van der Waals surface area contributed by atoms with E-state index < -0.39 is 0 Å². The Morgan fingerprint density at radius 1 is 1.20 bits per heavy atom. The van der Waals surface area contributed by atoms with Crippen LogP contribution in [0, 0.1) is 11.3 Å². The molecule has 3 aromatic rings. The van der Waals surface area contributed by atoms with Crippen molar-refractivity contribution in [3.05, 3.63) is 58.0 Å². The Labute approximate surface area is 236 Å². The minimum Gasteiger partial charge on any atom is -0.383 e. The molecular formula is C30H41N7O3. The summed E-state index contributed by atoms with van der Waals surface area (Å²) in [5.41, 5.74) is 4.09. The van der Waals surface area contributed by atoms with Gasteiger partial charge >= 0.3 is 0 Å². The molecule has 0 unspecified atom stereocenters. The summed E-state index contributed by atoms with van der Waals surface area (Å²) < 4.78 is 8.30. The van der Waals surface area contributed by atoms with Crippen LogP contribution in [0.3, 0.4) is 0 Å². The average molecular weight is 548 g/mol. The largest absolute Gasteiger partial charge is 0.383 e. The number of piperazine rings is 1. The molecule has 0 aliphatic carbocycles. The zero-order valence-electron chi connectivity index (χ0n) is 24.5. The molecule has 0 spiro atoms. The first-order valence-corrected chi connectivity index (χ1v) is 14.0. The monoisotopic (exact) mass is 547 g/mol. The van der Waals surface area contributed by atoms with Crippen molar-refractivity contribution < 1.29 is 9.53 Å². The Morgan fingerprint density at radius 3 is 2.52 bits per heavy atom. The molecule has 1 aliphatic rings. The third-order valence-electron chi connectivity index (χ3n) is 8.28. The predicted molar refractivity (Wildman–Crippen MR) is 156 cm³/mol. The zero-order chi connectivity index (χ0) is 29.0. The number of nitrogens with zero attached hydrogens (tertiary/aromatic N) is 7. The van der Waals surface area contributed by atoms with Crippen LogP contribution < -0.4 is 10.5 Å². The van der Waals surface area contributed by atoms with E-state index >= 15 is 0 Å². The van der Waals surface area contributed by atoms with Gasteiger partial charge in [-0.1, -0.05) is 26.0 Å². The van der Waals surface area contributed by atoms with Crippen molar-refractivity contribution in [2.75, 3.05) is 45.3 Å². The highest BCUT2D eigenvalue weighted by Gasteiger charge is 2.36. The smallest absolute Gasteiger partial charge is 0.253 e. The number of likely N-dealkylation sites (N-methyl/N-ethyl adjacent to an activating group) is 1. The number of anilines is 1. The van der Waals surface area contributed by atoms with Crippen molar-refractivity contribution >= 4 is 22.6 Å². The van der Waals surface area contributed by atoms with Gasteiger partial charge in [0.25, 0.3) is 11.5 Å². The van der Waals surface area contributed by atoms with Gasteiger partial charge in [-0.15, -0.1) is 0 Å². The Hall–Kier alpha value is -3.68. The van der Waals surface area contributed by atoms with Gasteiger partial charge in [0.05, 0.1) is 30.1 Å². The number of hydrogen-bond acceptors (Lipinski definition) is 7.